The third-order valence-electron chi connectivity index (χ3n) is 3.71. The summed E-state index contributed by atoms with van der Waals surface area (Å²) in [6.07, 6.45) is 0. The highest BCUT2D eigenvalue weighted by atomic mass is 32.3. The number of rotatable bonds is 4. The van der Waals surface area contributed by atoms with Crippen molar-refractivity contribution in [2.24, 2.45) is 0 Å². The normalized spacial score (nSPS) is 12.3. The van der Waals surface area contributed by atoms with E-state index in [2.05, 4.69) is 3.63 Å². The highest BCUT2D eigenvalue weighted by molar-refractivity contribution is 7.99. The van der Waals surface area contributed by atoms with E-state index in [1.54, 1.807) is 26.0 Å². The highest BCUT2D eigenvalue weighted by Gasteiger charge is 2.27. The standard InChI is InChI=1S/C16H18O5S2/c1-11-5-7-15(9-13(11)3)22(17,18)21-23(19,20)16-8-6-12(2)14(4)10-16/h5-10H,1-4H3. The molecule has 0 aliphatic heterocycles. The Morgan fingerprint density at radius 2 is 0.957 bits per heavy atom. The van der Waals surface area contributed by atoms with Crippen molar-refractivity contribution in [2.75, 3.05) is 0 Å². The predicted octanol–water partition coefficient (Wildman–Crippen LogP) is 3.01. The van der Waals surface area contributed by atoms with Gasteiger partial charge in [-0.05, 0) is 74.2 Å². The molecule has 2 aromatic carbocycles. The molecular weight excluding hydrogens is 336 g/mol. The summed E-state index contributed by atoms with van der Waals surface area (Å²) in [6.45, 7) is 7.15. The van der Waals surface area contributed by atoms with Crippen LogP contribution in [0.5, 0.6) is 0 Å². The van der Waals surface area contributed by atoms with Crippen LogP contribution in [0.1, 0.15) is 22.3 Å². The summed E-state index contributed by atoms with van der Waals surface area (Å²) in [6, 6.07) is 8.64. The van der Waals surface area contributed by atoms with Crippen molar-refractivity contribution in [3.8, 4) is 0 Å². The Hall–Kier alpha value is -1.70. The summed E-state index contributed by atoms with van der Waals surface area (Å²) in [5.41, 5.74) is 3.28. The Morgan fingerprint density at radius 1 is 0.609 bits per heavy atom. The van der Waals surface area contributed by atoms with Crippen molar-refractivity contribution >= 4 is 20.2 Å². The second kappa shape index (κ2) is 6.07. The average Bonchev–Trinajstić information content (AvgIpc) is 2.43. The quantitative estimate of drug-likeness (QED) is 0.843. The van der Waals surface area contributed by atoms with E-state index < -0.39 is 20.2 Å². The first-order chi connectivity index (χ1) is 10.5. The summed E-state index contributed by atoms with van der Waals surface area (Å²) < 4.78 is 53.5. The molecule has 0 saturated heterocycles. The van der Waals surface area contributed by atoms with E-state index in [0.29, 0.717) is 0 Å². The second-order valence-electron chi connectivity index (χ2n) is 5.47. The molecule has 0 aliphatic rings. The smallest absolute Gasteiger partial charge is 0.193 e. The summed E-state index contributed by atoms with van der Waals surface area (Å²) in [7, 11) is -8.83. The first-order valence-corrected chi connectivity index (χ1v) is 9.70. The van der Waals surface area contributed by atoms with Gasteiger partial charge in [0, 0.05) is 0 Å². The van der Waals surface area contributed by atoms with Crippen LogP contribution in [-0.2, 0) is 23.9 Å². The Labute approximate surface area is 137 Å². The van der Waals surface area contributed by atoms with Crippen molar-refractivity contribution in [3.05, 3.63) is 58.7 Å². The lowest BCUT2D eigenvalue weighted by atomic mass is 10.1. The van der Waals surface area contributed by atoms with Crippen LogP contribution in [0.25, 0.3) is 0 Å². The highest BCUT2D eigenvalue weighted by Crippen LogP contribution is 2.23. The van der Waals surface area contributed by atoms with Gasteiger partial charge in [-0.25, -0.2) is 0 Å². The fraction of sp³-hybridized carbons (Fsp3) is 0.250. The first-order valence-electron chi connectivity index (χ1n) is 6.88. The van der Waals surface area contributed by atoms with Crippen molar-refractivity contribution in [1.29, 1.82) is 0 Å². The molecule has 0 aromatic heterocycles. The van der Waals surface area contributed by atoms with Crippen molar-refractivity contribution < 1.29 is 20.5 Å². The predicted molar refractivity (Wildman–Crippen MR) is 87.3 cm³/mol. The van der Waals surface area contributed by atoms with Gasteiger partial charge in [0.1, 0.15) is 0 Å². The van der Waals surface area contributed by atoms with Crippen LogP contribution in [0.3, 0.4) is 0 Å². The summed E-state index contributed by atoms with van der Waals surface area (Å²) in [4.78, 5) is -0.374. The molecule has 0 saturated carbocycles. The molecule has 0 bridgehead atoms. The molecule has 7 heteroatoms. The topological polar surface area (TPSA) is 77.5 Å². The molecule has 0 amide bonds. The van der Waals surface area contributed by atoms with E-state index in [-0.39, 0.29) is 9.79 Å². The summed E-state index contributed by atoms with van der Waals surface area (Å²) in [5, 5.41) is 0. The maximum Gasteiger partial charge on any atom is 0.311 e. The minimum absolute atomic E-state index is 0.187. The Kier molecular flexibility index (Phi) is 4.66. The molecule has 2 aromatic rings. The molecule has 124 valence electrons. The first kappa shape index (κ1) is 17.7. The molecule has 0 fully saturated rings. The van der Waals surface area contributed by atoms with Gasteiger partial charge in [0.15, 0.2) is 0 Å². The van der Waals surface area contributed by atoms with E-state index in [1.165, 1.54) is 24.3 Å². The van der Waals surface area contributed by atoms with E-state index in [9.17, 15) is 16.8 Å². The largest absolute Gasteiger partial charge is 0.311 e. The van der Waals surface area contributed by atoms with Crippen molar-refractivity contribution in [2.45, 2.75) is 37.5 Å². The lowest BCUT2D eigenvalue weighted by Crippen LogP contribution is -2.14. The lowest BCUT2D eigenvalue weighted by molar-refractivity contribution is 0.461. The van der Waals surface area contributed by atoms with Crippen LogP contribution in [0.2, 0.25) is 0 Å². The minimum Gasteiger partial charge on any atom is -0.193 e. The second-order valence-corrected chi connectivity index (χ2v) is 8.77. The van der Waals surface area contributed by atoms with Gasteiger partial charge in [0.25, 0.3) is 0 Å². The molecule has 0 atom stereocenters. The minimum atomic E-state index is -4.42. The van der Waals surface area contributed by atoms with Crippen LogP contribution in [-0.4, -0.2) is 16.8 Å². The zero-order valence-electron chi connectivity index (χ0n) is 13.3. The maximum atomic E-state index is 12.2. The molecule has 0 aliphatic carbocycles. The van der Waals surface area contributed by atoms with E-state index in [4.69, 9.17) is 0 Å². The molecule has 0 N–H and O–H groups in total. The van der Waals surface area contributed by atoms with Gasteiger partial charge >= 0.3 is 20.2 Å². The summed E-state index contributed by atoms with van der Waals surface area (Å²) in [5.74, 6) is 0. The number of hydrogen-bond acceptors (Lipinski definition) is 5. The van der Waals surface area contributed by atoms with Gasteiger partial charge in [0.05, 0.1) is 9.79 Å². The van der Waals surface area contributed by atoms with Gasteiger partial charge in [-0.2, -0.15) is 16.8 Å². The fourth-order valence-electron chi connectivity index (χ4n) is 1.94. The van der Waals surface area contributed by atoms with Crippen LogP contribution < -0.4 is 0 Å². The van der Waals surface area contributed by atoms with E-state index in [1.807, 2.05) is 13.8 Å². The lowest BCUT2D eigenvalue weighted by Gasteiger charge is -2.09. The number of aryl methyl sites for hydroxylation is 4. The monoisotopic (exact) mass is 354 g/mol. The fourth-order valence-corrected chi connectivity index (χ4v) is 4.62. The van der Waals surface area contributed by atoms with Crippen molar-refractivity contribution in [3.63, 3.8) is 0 Å². The Morgan fingerprint density at radius 3 is 1.26 bits per heavy atom. The van der Waals surface area contributed by atoms with Crippen LogP contribution in [0, 0.1) is 27.7 Å². The SMILES string of the molecule is Cc1ccc(S(=O)(=O)OS(=O)(=O)c2ccc(C)c(C)c2)cc1C. The molecule has 0 heterocycles. The zero-order chi connectivity index (χ0) is 17.4. The van der Waals surface area contributed by atoms with Gasteiger partial charge < -0.3 is 0 Å². The number of hydrogen-bond donors (Lipinski definition) is 0. The molecule has 0 spiro atoms. The number of benzene rings is 2. The van der Waals surface area contributed by atoms with E-state index >= 15 is 0 Å². The van der Waals surface area contributed by atoms with Gasteiger partial charge in [-0.15, -0.1) is 3.63 Å². The van der Waals surface area contributed by atoms with Gasteiger partial charge in [-0.1, -0.05) is 12.1 Å². The molecule has 0 unspecified atom stereocenters. The van der Waals surface area contributed by atoms with Crippen LogP contribution in [0.15, 0.2) is 46.2 Å². The van der Waals surface area contributed by atoms with Crippen molar-refractivity contribution in [1.82, 2.24) is 0 Å². The molecule has 2 rings (SSSR count). The Balaban J connectivity index is 2.42. The average molecular weight is 354 g/mol. The van der Waals surface area contributed by atoms with Crippen LogP contribution >= 0.6 is 0 Å². The Bertz CT molecular complexity index is 878. The third kappa shape index (κ3) is 3.80. The molecular formula is C16H18O5S2. The van der Waals surface area contributed by atoms with Gasteiger partial charge in [0.2, 0.25) is 0 Å². The van der Waals surface area contributed by atoms with Crippen LogP contribution in [0.4, 0.5) is 0 Å². The third-order valence-corrected chi connectivity index (χ3v) is 6.81. The molecule has 23 heavy (non-hydrogen) atoms. The maximum absolute atomic E-state index is 12.2. The van der Waals surface area contributed by atoms with E-state index in [0.717, 1.165) is 22.3 Å². The molecule has 0 radical (unpaired) electrons. The summed E-state index contributed by atoms with van der Waals surface area (Å²) >= 11 is 0. The van der Waals surface area contributed by atoms with Gasteiger partial charge in [-0.3, -0.25) is 0 Å². The zero-order valence-corrected chi connectivity index (χ0v) is 15.0. The molecule has 5 nitrogen and oxygen atoms in total.